The van der Waals surface area contributed by atoms with Crippen LogP contribution >= 0.6 is 11.3 Å². The molecule has 0 saturated carbocycles. The number of nitrogens with two attached hydrogens (primary N) is 1. The van der Waals surface area contributed by atoms with Crippen LogP contribution < -0.4 is 5.73 Å². The van der Waals surface area contributed by atoms with Crippen molar-refractivity contribution in [3.8, 4) is 16.5 Å². The van der Waals surface area contributed by atoms with Crippen molar-refractivity contribution in [2.24, 2.45) is 0 Å². The molecule has 17 heavy (non-hydrogen) atoms. The Bertz CT molecular complexity index is 598. The molecule has 2 N–H and O–H groups in total. The van der Waals surface area contributed by atoms with E-state index in [2.05, 4.69) is 38.1 Å². The van der Waals surface area contributed by atoms with Crippen LogP contribution in [0.1, 0.15) is 21.6 Å². The van der Waals surface area contributed by atoms with Gasteiger partial charge in [0.15, 0.2) is 0 Å². The Kier molecular flexibility index (Phi) is 2.91. The van der Waals surface area contributed by atoms with E-state index in [0.717, 1.165) is 16.0 Å². The highest BCUT2D eigenvalue weighted by Gasteiger charge is 2.13. The highest BCUT2D eigenvalue weighted by Crippen LogP contribution is 2.38. The molecule has 0 unspecified atom stereocenters. The van der Waals surface area contributed by atoms with Crippen LogP contribution in [0.25, 0.3) is 10.4 Å². The molecular weight excluding hydrogens is 228 g/mol. The number of hydrogen-bond acceptors (Lipinski definition) is 3. The lowest BCUT2D eigenvalue weighted by atomic mass is 10.0. The second kappa shape index (κ2) is 4.23. The maximum Gasteiger partial charge on any atom is 0.128 e. The largest absolute Gasteiger partial charge is 0.397 e. The first-order valence-corrected chi connectivity index (χ1v) is 6.22. The van der Waals surface area contributed by atoms with Gasteiger partial charge in [-0.1, -0.05) is 29.3 Å². The van der Waals surface area contributed by atoms with E-state index < -0.39 is 0 Å². The highest BCUT2D eigenvalue weighted by molar-refractivity contribution is 7.16. The third-order valence-corrected chi connectivity index (χ3v) is 4.04. The molecule has 2 aromatic rings. The average Bonchev–Trinajstić information content (AvgIpc) is 2.54. The minimum Gasteiger partial charge on any atom is -0.397 e. The topological polar surface area (TPSA) is 49.8 Å². The Morgan fingerprint density at radius 1 is 1.12 bits per heavy atom. The molecule has 0 aliphatic carbocycles. The fraction of sp³-hybridized carbons (Fsp3) is 0.214. The molecule has 2 nitrogen and oxygen atoms in total. The van der Waals surface area contributed by atoms with Crippen molar-refractivity contribution >= 4 is 17.0 Å². The first-order valence-electron chi connectivity index (χ1n) is 5.40. The zero-order valence-electron chi connectivity index (χ0n) is 10.2. The molecule has 0 saturated heterocycles. The van der Waals surface area contributed by atoms with Crippen LogP contribution in [-0.4, -0.2) is 0 Å². The van der Waals surface area contributed by atoms with Gasteiger partial charge in [-0.05, 0) is 31.9 Å². The SMILES string of the molecule is Cc1cc(C)cc(-c2sc(C#N)c(N)c2C)c1. The molecule has 0 radical (unpaired) electrons. The molecule has 0 aliphatic heterocycles. The molecule has 1 heterocycles. The number of nitrogen functional groups attached to an aromatic ring is 1. The molecule has 1 aromatic heterocycles. The predicted molar refractivity (Wildman–Crippen MR) is 73.1 cm³/mol. The minimum atomic E-state index is 0.608. The van der Waals surface area contributed by atoms with Gasteiger partial charge in [0.1, 0.15) is 10.9 Å². The van der Waals surface area contributed by atoms with Gasteiger partial charge in [0.2, 0.25) is 0 Å². The average molecular weight is 242 g/mol. The Morgan fingerprint density at radius 3 is 2.18 bits per heavy atom. The van der Waals surface area contributed by atoms with Crippen molar-refractivity contribution in [2.45, 2.75) is 20.8 Å². The van der Waals surface area contributed by atoms with Gasteiger partial charge in [-0.15, -0.1) is 11.3 Å². The van der Waals surface area contributed by atoms with E-state index in [1.807, 2.05) is 6.92 Å². The fourth-order valence-electron chi connectivity index (χ4n) is 1.99. The van der Waals surface area contributed by atoms with E-state index in [1.165, 1.54) is 22.5 Å². The highest BCUT2D eigenvalue weighted by atomic mass is 32.1. The molecule has 2 rings (SSSR count). The summed E-state index contributed by atoms with van der Waals surface area (Å²) >= 11 is 1.47. The minimum absolute atomic E-state index is 0.608. The predicted octanol–water partition coefficient (Wildman–Crippen LogP) is 3.79. The van der Waals surface area contributed by atoms with Crippen LogP contribution in [0.5, 0.6) is 0 Å². The zero-order valence-corrected chi connectivity index (χ0v) is 11.0. The van der Waals surface area contributed by atoms with Crippen LogP contribution in [0.4, 0.5) is 5.69 Å². The maximum absolute atomic E-state index is 8.99. The summed E-state index contributed by atoms with van der Waals surface area (Å²) in [5, 5.41) is 8.99. The summed E-state index contributed by atoms with van der Waals surface area (Å²) in [5.74, 6) is 0. The fourth-order valence-corrected chi connectivity index (χ4v) is 3.00. The van der Waals surface area contributed by atoms with Gasteiger partial charge in [-0.2, -0.15) is 5.26 Å². The number of anilines is 1. The monoisotopic (exact) mass is 242 g/mol. The number of nitrogens with zero attached hydrogens (tertiary/aromatic N) is 1. The zero-order chi connectivity index (χ0) is 12.6. The van der Waals surface area contributed by atoms with E-state index in [-0.39, 0.29) is 0 Å². The van der Waals surface area contributed by atoms with Crippen LogP contribution in [0.15, 0.2) is 18.2 Å². The van der Waals surface area contributed by atoms with E-state index in [0.29, 0.717) is 10.6 Å². The molecule has 3 heteroatoms. The summed E-state index contributed by atoms with van der Waals surface area (Å²) in [4.78, 5) is 1.71. The third-order valence-electron chi connectivity index (χ3n) is 2.78. The summed E-state index contributed by atoms with van der Waals surface area (Å²) in [5.41, 5.74) is 11.1. The van der Waals surface area contributed by atoms with Crippen LogP contribution in [0, 0.1) is 32.1 Å². The molecular formula is C14H14N2S. The lowest BCUT2D eigenvalue weighted by Crippen LogP contribution is -1.88. The second-order valence-corrected chi connectivity index (χ2v) is 5.31. The van der Waals surface area contributed by atoms with Gasteiger partial charge >= 0.3 is 0 Å². The van der Waals surface area contributed by atoms with Crippen LogP contribution in [-0.2, 0) is 0 Å². The lowest BCUT2D eigenvalue weighted by molar-refractivity contribution is 1.38. The van der Waals surface area contributed by atoms with Gasteiger partial charge in [-0.3, -0.25) is 0 Å². The molecule has 1 aromatic carbocycles. The number of rotatable bonds is 1. The van der Waals surface area contributed by atoms with E-state index >= 15 is 0 Å². The second-order valence-electron chi connectivity index (χ2n) is 4.29. The summed E-state index contributed by atoms with van der Waals surface area (Å²) in [7, 11) is 0. The quantitative estimate of drug-likeness (QED) is 0.827. The standard InChI is InChI=1S/C14H14N2S/c1-8-4-9(2)6-11(5-8)14-10(3)13(16)12(7-15)17-14/h4-6H,16H2,1-3H3. The molecule has 0 amide bonds. The van der Waals surface area contributed by atoms with Crippen LogP contribution in [0.3, 0.4) is 0 Å². The Hall–Kier alpha value is -1.79. The molecule has 0 fully saturated rings. The van der Waals surface area contributed by atoms with Crippen molar-refractivity contribution in [2.75, 3.05) is 5.73 Å². The summed E-state index contributed by atoms with van der Waals surface area (Å²) in [6.45, 7) is 6.13. The van der Waals surface area contributed by atoms with Gasteiger partial charge < -0.3 is 5.73 Å². The Balaban J connectivity index is 2.65. The normalized spacial score (nSPS) is 10.2. The Morgan fingerprint density at radius 2 is 1.71 bits per heavy atom. The lowest BCUT2D eigenvalue weighted by Gasteiger charge is -2.04. The van der Waals surface area contributed by atoms with Gasteiger partial charge in [0.25, 0.3) is 0 Å². The molecule has 0 atom stereocenters. The Labute approximate surface area is 105 Å². The molecule has 0 bridgehead atoms. The number of nitriles is 1. The third kappa shape index (κ3) is 2.04. The molecule has 0 spiro atoms. The van der Waals surface area contributed by atoms with Crippen molar-refractivity contribution in [3.05, 3.63) is 39.8 Å². The van der Waals surface area contributed by atoms with E-state index in [4.69, 9.17) is 11.0 Å². The van der Waals surface area contributed by atoms with Gasteiger partial charge in [-0.25, -0.2) is 0 Å². The van der Waals surface area contributed by atoms with Gasteiger partial charge in [0.05, 0.1) is 5.69 Å². The van der Waals surface area contributed by atoms with E-state index in [1.54, 1.807) is 0 Å². The molecule has 86 valence electrons. The van der Waals surface area contributed by atoms with Gasteiger partial charge in [0, 0.05) is 4.88 Å². The smallest absolute Gasteiger partial charge is 0.128 e. The van der Waals surface area contributed by atoms with Crippen molar-refractivity contribution in [1.29, 1.82) is 5.26 Å². The summed E-state index contributed by atoms with van der Waals surface area (Å²) in [6, 6.07) is 8.55. The molecule has 0 aliphatic rings. The number of thiophene rings is 1. The maximum atomic E-state index is 8.99. The number of hydrogen-bond donors (Lipinski definition) is 1. The van der Waals surface area contributed by atoms with E-state index in [9.17, 15) is 0 Å². The van der Waals surface area contributed by atoms with Crippen LogP contribution in [0.2, 0.25) is 0 Å². The number of benzene rings is 1. The first kappa shape index (κ1) is 11.7. The van der Waals surface area contributed by atoms with Crippen molar-refractivity contribution < 1.29 is 0 Å². The van der Waals surface area contributed by atoms with Crippen molar-refractivity contribution in [3.63, 3.8) is 0 Å². The van der Waals surface area contributed by atoms with Crippen molar-refractivity contribution in [1.82, 2.24) is 0 Å². The summed E-state index contributed by atoms with van der Waals surface area (Å²) in [6.07, 6.45) is 0. The number of aryl methyl sites for hydroxylation is 2. The summed E-state index contributed by atoms with van der Waals surface area (Å²) < 4.78 is 0. The first-order chi connectivity index (χ1) is 8.02.